The van der Waals surface area contributed by atoms with Crippen molar-refractivity contribution in [3.05, 3.63) is 23.2 Å². The van der Waals surface area contributed by atoms with E-state index in [1.54, 1.807) is 12.4 Å². The van der Waals surface area contributed by atoms with E-state index in [1.165, 1.54) is 19.3 Å². The molecule has 1 atom stereocenters. The van der Waals surface area contributed by atoms with Crippen molar-refractivity contribution in [3.63, 3.8) is 0 Å². The minimum Gasteiger partial charge on any atom is -0.313 e. The molecule has 1 aliphatic carbocycles. The van der Waals surface area contributed by atoms with E-state index in [4.69, 9.17) is 11.6 Å². The number of hydrogen-bond donors (Lipinski definition) is 1. The fourth-order valence-electron chi connectivity index (χ4n) is 1.87. The topological polar surface area (TPSA) is 37.8 Å². The maximum absolute atomic E-state index is 5.77. The van der Waals surface area contributed by atoms with Crippen LogP contribution in [0.3, 0.4) is 0 Å². The van der Waals surface area contributed by atoms with Crippen molar-refractivity contribution in [1.82, 2.24) is 15.3 Å². The smallest absolute Gasteiger partial charge is 0.129 e. The Morgan fingerprint density at radius 2 is 2.12 bits per heavy atom. The van der Waals surface area contributed by atoms with Gasteiger partial charge in [0.1, 0.15) is 5.82 Å². The van der Waals surface area contributed by atoms with Gasteiger partial charge in [-0.15, -0.1) is 0 Å². The van der Waals surface area contributed by atoms with Crippen molar-refractivity contribution in [2.24, 2.45) is 5.92 Å². The lowest BCUT2D eigenvalue weighted by molar-refractivity contribution is 0.452. The van der Waals surface area contributed by atoms with E-state index in [0.29, 0.717) is 11.1 Å². The van der Waals surface area contributed by atoms with Crippen LogP contribution < -0.4 is 5.32 Å². The molecule has 1 aliphatic rings. The molecule has 0 aliphatic heterocycles. The molecule has 1 heterocycles. The highest BCUT2D eigenvalue weighted by molar-refractivity contribution is 6.30. The fourth-order valence-corrected chi connectivity index (χ4v) is 1.97. The molecule has 1 N–H and O–H groups in total. The van der Waals surface area contributed by atoms with Crippen LogP contribution in [0.25, 0.3) is 0 Å². The SMILES string of the molecule is CCCNC(Cc1ncc(Cl)cn1)C1CC1. The molecule has 0 spiro atoms. The van der Waals surface area contributed by atoms with E-state index in [2.05, 4.69) is 22.2 Å². The first-order valence-corrected chi connectivity index (χ1v) is 6.37. The molecule has 1 fully saturated rings. The molecule has 16 heavy (non-hydrogen) atoms. The first kappa shape index (κ1) is 11.8. The zero-order valence-corrected chi connectivity index (χ0v) is 10.4. The summed E-state index contributed by atoms with van der Waals surface area (Å²) in [6, 6.07) is 0.543. The van der Waals surface area contributed by atoms with Crippen LogP contribution in [0.4, 0.5) is 0 Å². The Kier molecular flexibility index (Phi) is 4.13. The highest BCUT2D eigenvalue weighted by Crippen LogP contribution is 2.33. The van der Waals surface area contributed by atoms with Crippen LogP contribution in [0, 0.1) is 5.92 Å². The van der Waals surface area contributed by atoms with Gasteiger partial charge in [-0.3, -0.25) is 0 Å². The number of hydrogen-bond acceptors (Lipinski definition) is 3. The van der Waals surface area contributed by atoms with E-state index in [1.807, 2.05) is 0 Å². The van der Waals surface area contributed by atoms with Crippen molar-refractivity contribution in [3.8, 4) is 0 Å². The predicted molar refractivity (Wildman–Crippen MR) is 65.6 cm³/mol. The Morgan fingerprint density at radius 3 is 2.69 bits per heavy atom. The Morgan fingerprint density at radius 1 is 1.44 bits per heavy atom. The molecule has 0 saturated heterocycles. The third-order valence-corrected chi connectivity index (χ3v) is 3.12. The summed E-state index contributed by atoms with van der Waals surface area (Å²) < 4.78 is 0. The summed E-state index contributed by atoms with van der Waals surface area (Å²) in [4.78, 5) is 8.51. The Bertz CT molecular complexity index is 322. The second-order valence-corrected chi connectivity index (χ2v) is 4.86. The molecule has 1 unspecified atom stereocenters. The zero-order valence-electron chi connectivity index (χ0n) is 9.62. The molecule has 3 nitrogen and oxygen atoms in total. The lowest BCUT2D eigenvalue weighted by Gasteiger charge is -2.16. The summed E-state index contributed by atoms with van der Waals surface area (Å²) in [5.74, 6) is 1.72. The van der Waals surface area contributed by atoms with Gasteiger partial charge in [0.05, 0.1) is 5.02 Å². The van der Waals surface area contributed by atoms with Crippen molar-refractivity contribution < 1.29 is 0 Å². The van der Waals surface area contributed by atoms with Crippen molar-refractivity contribution in [1.29, 1.82) is 0 Å². The Balaban J connectivity index is 1.91. The van der Waals surface area contributed by atoms with Crippen LogP contribution in [0.1, 0.15) is 32.0 Å². The first-order valence-electron chi connectivity index (χ1n) is 5.99. The largest absolute Gasteiger partial charge is 0.313 e. The van der Waals surface area contributed by atoms with Crippen LogP contribution in [-0.4, -0.2) is 22.6 Å². The highest BCUT2D eigenvalue weighted by Gasteiger charge is 2.31. The molecule has 0 radical (unpaired) electrons. The van der Waals surface area contributed by atoms with E-state index in [-0.39, 0.29) is 0 Å². The summed E-state index contributed by atoms with van der Waals surface area (Å²) in [6.07, 6.45) is 8.12. The van der Waals surface area contributed by atoms with Gasteiger partial charge < -0.3 is 5.32 Å². The molecule has 88 valence electrons. The number of nitrogens with one attached hydrogen (secondary N) is 1. The van der Waals surface area contributed by atoms with Gasteiger partial charge in [0.2, 0.25) is 0 Å². The van der Waals surface area contributed by atoms with Gasteiger partial charge in [0, 0.05) is 24.9 Å². The van der Waals surface area contributed by atoms with Crippen LogP contribution >= 0.6 is 11.6 Å². The normalized spacial score (nSPS) is 17.4. The minimum atomic E-state index is 0.543. The fraction of sp³-hybridized carbons (Fsp3) is 0.667. The van der Waals surface area contributed by atoms with Gasteiger partial charge in [-0.05, 0) is 31.7 Å². The number of rotatable bonds is 6. The van der Waals surface area contributed by atoms with Gasteiger partial charge in [0.25, 0.3) is 0 Å². The molecule has 0 bridgehead atoms. The molecule has 0 amide bonds. The lowest BCUT2D eigenvalue weighted by Crippen LogP contribution is -2.34. The number of aromatic nitrogens is 2. The van der Waals surface area contributed by atoms with Gasteiger partial charge in [-0.2, -0.15) is 0 Å². The predicted octanol–water partition coefficient (Wildman–Crippen LogP) is 2.45. The Labute approximate surface area is 102 Å². The quantitative estimate of drug-likeness (QED) is 0.829. The second-order valence-electron chi connectivity index (χ2n) is 4.42. The zero-order chi connectivity index (χ0) is 11.4. The van der Waals surface area contributed by atoms with Gasteiger partial charge in [0.15, 0.2) is 0 Å². The van der Waals surface area contributed by atoms with E-state index >= 15 is 0 Å². The minimum absolute atomic E-state index is 0.543. The molecule has 2 rings (SSSR count). The molecule has 1 saturated carbocycles. The third kappa shape index (κ3) is 3.42. The van der Waals surface area contributed by atoms with Crippen LogP contribution in [-0.2, 0) is 6.42 Å². The average molecular weight is 240 g/mol. The van der Waals surface area contributed by atoms with E-state index < -0.39 is 0 Å². The standard InChI is InChI=1S/C12H18ClN3/c1-2-5-14-11(9-3-4-9)6-12-15-7-10(13)8-16-12/h7-9,11,14H,2-6H2,1H3. The van der Waals surface area contributed by atoms with Crippen molar-refractivity contribution in [2.45, 2.75) is 38.6 Å². The maximum atomic E-state index is 5.77. The highest BCUT2D eigenvalue weighted by atomic mass is 35.5. The summed E-state index contributed by atoms with van der Waals surface area (Å²) >= 11 is 5.77. The summed E-state index contributed by atoms with van der Waals surface area (Å²) in [7, 11) is 0. The first-order chi connectivity index (χ1) is 7.79. The Hall–Kier alpha value is -0.670. The van der Waals surface area contributed by atoms with E-state index in [9.17, 15) is 0 Å². The van der Waals surface area contributed by atoms with Gasteiger partial charge >= 0.3 is 0 Å². The summed E-state index contributed by atoms with van der Waals surface area (Å²) in [5, 5.41) is 4.19. The lowest BCUT2D eigenvalue weighted by atomic mass is 10.1. The van der Waals surface area contributed by atoms with Crippen LogP contribution in [0.15, 0.2) is 12.4 Å². The molecule has 1 aromatic heterocycles. The van der Waals surface area contributed by atoms with Crippen LogP contribution in [0.2, 0.25) is 5.02 Å². The molecule has 4 heteroatoms. The number of nitrogens with zero attached hydrogens (tertiary/aromatic N) is 2. The molecule has 1 aromatic rings. The van der Waals surface area contributed by atoms with E-state index in [0.717, 1.165) is 24.7 Å². The molecular formula is C12H18ClN3. The third-order valence-electron chi connectivity index (χ3n) is 2.92. The molecular weight excluding hydrogens is 222 g/mol. The second kappa shape index (κ2) is 5.60. The maximum Gasteiger partial charge on any atom is 0.129 e. The van der Waals surface area contributed by atoms with Gasteiger partial charge in [-0.25, -0.2) is 9.97 Å². The van der Waals surface area contributed by atoms with Crippen LogP contribution in [0.5, 0.6) is 0 Å². The average Bonchev–Trinajstić information content (AvgIpc) is 3.11. The summed E-state index contributed by atoms with van der Waals surface area (Å²) in [6.45, 7) is 3.27. The monoisotopic (exact) mass is 239 g/mol. The van der Waals surface area contributed by atoms with Gasteiger partial charge in [-0.1, -0.05) is 18.5 Å². The summed E-state index contributed by atoms with van der Waals surface area (Å²) in [5.41, 5.74) is 0. The number of halogens is 1. The van der Waals surface area contributed by atoms with Crippen molar-refractivity contribution in [2.75, 3.05) is 6.54 Å². The van der Waals surface area contributed by atoms with Crippen molar-refractivity contribution >= 4 is 11.6 Å². The molecule has 0 aromatic carbocycles.